The number of hydrogen-bond acceptors (Lipinski definition) is 5. The van der Waals surface area contributed by atoms with Crippen LogP contribution in [0, 0.1) is 0 Å². The molecule has 7 nitrogen and oxygen atoms in total. The molecule has 0 heterocycles. The highest BCUT2D eigenvalue weighted by atomic mass is 127. The van der Waals surface area contributed by atoms with Crippen molar-refractivity contribution in [3.8, 4) is 11.5 Å². The summed E-state index contributed by atoms with van der Waals surface area (Å²) in [5.41, 5.74) is 1.12. The van der Waals surface area contributed by atoms with Gasteiger partial charge in [-0.25, -0.2) is 8.42 Å². The van der Waals surface area contributed by atoms with Gasteiger partial charge in [0.05, 0.1) is 20.0 Å². The van der Waals surface area contributed by atoms with E-state index in [0.717, 1.165) is 12.0 Å². The van der Waals surface area contributed by atoms with Gasteiger partial charge in [0.25, 0.3) is 0 Å². The number of guanidine groups is 1. The van der Waals surface area contributed by atoms with Crippen molar-refractivity contribution in [2.45, 2.75) is 12.8 Å². The van der Waals surface area contributed by atoms with Crippen LogP contribution in [-0.4, -0.2) is 60.7 Å². The standard InChI is InChI=1S/C16H27N3O4S.HI/c1-17-16(18-9-5-11-24(4,20)21)19-10-8-13-6-7-14(22-2)15(12-13)23-3;/h6-7,12H,5,8-11H2,1-4H3,(H2,17,18,19);1H. The number of nitrogens with one attached hydrogen (secondary N) is 2. The average Bonchev–Trinajstić information content (AvgIpc) is 2.55. The van der Waals surface area contributed by atoms with Gasteiger partial charge in [-0.05, 0) is 30.5 Å². The van der Waals surface area contributed by atoms with E-state index in [0.29, 0.717) is 37.0 Å². The van der Waals surface area contributed by atoms with Gasteiger partial charge >= 0.3 is 0 Å². The maximum absolute atomic E-state index is 11.1. The topological polar surface area (TPSA) is 89.0 Å². The highest BCUT2D eigenvalue weighted by Crippen LogP contribution is 2.27. The predicted molar refractivity (Wildman–Crippen MR) is 112 cm³/mol. The quantitative estimate of drug-likeness (QED) is 0.238. The Morgan fingerprint density at radius 2 is 1.76 bits per heavy atom. The van der Waals surface area contributed by atoms with Crippen LogP contribution >= 0.6 is 24.0 Å². The first-order valence-electron chi connectivity index (χ1n) is 7.72. The summed E-state index contributed by atoms with van der Waals surface area (Å²) in [5, 5.41) is 6.30. The molecule has 0 spiro atoms. The Labute approximate surface area is 167 Å². The molecule has 9 heteroatoms. The minimum atomic E-state index is -2.92. The summed E-state index contributed by atoms with van der Waals surface area (Å²) in [7, 11) is 1.99. The van der Waals surface area contributed by atoms with E-state index in [-0.39, 0.29) is 29.7 Å². The summed E-state index contributed by atoms with van der Waals surface area (Å²) >= 11 is 0. The largest absolute Gasteiger partial charge is 0.493 e. The molecule has 0 bridgehead atoms. The van der Waals surface area contributed by atoms with Gasteiger partial charge in [0.15, 0.2) is 17.5 Å². The first kappa shape index (κ1) is 23.8. The van der Waals surface area contributed by atoms with Crippen LogP contribution in [0.15, 0.2) is 23.2 Å². The van der Waals surface area contributed by atoms with E-state index < -0.39 is 9.84 Å². The van der Waals surface area contributed by atoms with E-state index in [4.69, 9.17) is 9.47 Å². The highest BCUT2D eigenvalue weighted by molar-refractivity contribution is 14.0. The second kappa shape index (κ2) is 12.2. The number of benzene rings is 1. The van der Waals surface area contributed by atoms with Gasteiger partial charge in [-0.3, -0.25) is 4.99 Å². The Kier molecular flexibility index (Phi) is 11.6. The molecular formula is C16H28IN3O4S. The van der Waals surface area contributed by atoms with E-state index in [1.807, 2.05) is 18.2 Å². The van der Waals surface area contributed by atoms with Crippen LogP contribution < -0.4 is 20.1 Å². The van der Waals surface area contributed by atoms with E-state index in [1.165, 1.54) is 6.26 Å². The van der Waals surface area contributed by atoms with Crippen LogP contribution in [0.2, 0.25) is 0 Å². The van der Waals surface area contributed by atoms with E-state index in [2.05, 4.69) is 15.6 Å². The molecule has 25 heavy (non-hydrogen) atoms. The molecule has 144 valence electrons. The van der Waals surface area contributed by atoms with Gasteiger partial charge in [-0.1, -0.05) is 6.07 Å². The molecule has 0 aliphatic rings. The Bertz CT molecular complexity index is 651. The van der Waals surface area contributed by atoms with Gasteiger partial charge in [0.1, 0.15) is 9.84 Å². The fraction of sp³-hybridized carbons (Fsp3) is 0.562. The van der Waals surface area contributed by atoms with Crippen molar-refractivity contribution >= 4 is 39.8 Å². The predicted octanol–water partition coefficient (Wildman–Crippen LogP) is 1.46. The number of rotatable bonds is 9. The molecule has 0 aliphatic carbocycles. The molecule has 1 rings (SSSR count). The van der Waals surface area contributed by atoms with Gasteiger partial charge in [-0.15, -0.1) is 24.0 Å². The smallest absolute Gasteiger partial charge is 0.190 e. The molecule has 0 fully saturated rings. The summed E-state index contributed by atoms with van der Waals surface area (Å²) in [4.78, 5) is 4.11. The summed E-state index contributed by atoms with van der Waals surface area (Å²) < 4.78 is 32.7. The lowest BCUT2D eigenvalue weighted by Gasteiger charge is -2.13. The van der Waals surface area contributed by atoms with Crippen LogP contribution in [-0.2, 0) is 16.3 Å². The Hall–Kier alpha value is -1.23. The number of nitrogens with zero attached hydrogens (tertiary/aromatic N) is 1. The van der Waals surface area contributed by atoms with Crippen LogP contribution in [0.4, 0.5) is 0 Å². The van der Waals surface area contributed by atoms with Gasteiger partial charge in [-0.2, -0.15) is 0 Å². The highest BCUT2D eigenvalue weighted by Gasteiger charge is 2.05. The maximum Gasteiger partial charge on any atom is 0.190 e. The van der Waals surface area contributed by atoms with Crippen LogP contribution in [0.25, 0.3) is 0 Å². The normalized spacial score (nSPS) is 11.4. The van der Waals surface area contributed by atoms with E-state index >= 15 is 0 Å². The lowest BCUT2D eigenvalue weighted by molar-refractivity contribution is 0.354. The summed E-state index contributed by atoms with van der Waals surface area (Å²) in [6, 6.07) is 5.82. The summed E-state index contributed by atoms with van der Waals surface area (Å²) in [6.45, 7) is 1.25. The molecule has 2 N–H and O–H groups in total. The van der Waals surface area contributed by atoms with Crippen molar-refractivity contribution in [3.05, 3.63) is 23.8 Å². The molecule has 0 saturated carbocycles. The van der Waals surface area contributed by atoms with Gasteiger partial charge in [0, 0.05) is 26.4 Å². The molecule has 1 aromatic rings. The third-order valence-electron chi connectivity index (χ3n) is 3.36. The first-order chi connectivity index (χ1) is 11.4. The van der Waals surface area contributed by atoms with Gasteiger partial charge in [0.2, 0.25) is 0 Å². The Morgan fingerprint density at radius 3 is 2.32 bits per heavy atom. The summed E-state index contributed by atoms with van der Waals surface area (Å²) in [6.07, 6.45) is 2.59. The van der Waals surface area contributed by atoms with Crippen LogP contribution in [0.1, 0.15) is 12.0 Å². The molecule has 1 aromatic carbocycles. The lowest BCUT2D eigenvalue weighted by atomic mass is 10.1. The zero-order chi connectivity index (χ0) is 18.0. The first-order valence-corrected chi connectivity index (χ1v) is 9.79. The molecule has 0 aromatic heterocycles. The zero-order valence-electron chi connectivity index (χ0n) is 15.2. The fourth-order valence-corrected chi connectivity index (χ4v) is 2.79. The van der Waals surface area contributed by atoms with Crippen molar-refractivity contribution < 1.29 is 17.9 Å². The molecule has 0 atom stereocenters. The molecule has 0 amide bonds. The fourth-order valence-electron chi connectivity index (χ4n) is 2.12. The van der Waals surface area contributed by atoms with Crippen molar-refractivity contribution in [2.75, 3.05) is 46.4 Å². The number of halogens is 1. The lowest BCUT2D eigenvalue weighted by Crippen LogP contribution is -2.39. The average molecular weight is 485 g/mol. The molecule has 0 unspecified atom stereocenters. The van der Waals surface area contributed by atoms with Crippen molar-refractivity contribution in [3.63, 3.8) is 0 Å². The SMILES string of the molecule is CN=C(NCCCS(C)(=O)=O)NCCc1ccc(OC)c(OC)c1.I. The zero-order valence-corrected chi connectivity index (χ0v) is 18.3. The van der Waals surface area contributed by atoms with Crippen LogP contribution in [0.3, 0.4) is 0 Å². The van der Waals surface area contributed by atoms with E-state index in [1.54, 1.807) is 21.3 Å². The molecule has 0 radical (unpaired) electrons. The van der Waals surface area contributed by atoms with Crippen molar-refractivity contribution in [1.29, 1.82) is 0 Å². The van der Waals surface area contributed by atoms with Crippen molar-refractivity contribution in [1.82, 2.24) is 10.6 Å². The Balaban J connectivity index is 0.00000576. The number of hydrogen-bond donors (Lipinski definition) is 2. The molecule has 0 aliphatic heterocycles. The molecular weight excluding hydrogens is 457 g/mol. The Morgan fingerprint density at radius 1 is 1.12 bits per heavy atom. The summed E-state index contributed by atoms with van der Waals surface area (Å²) in [5.74, 6) is 2.24. The minimum absolute atomic E-state index is 0. The second-order valence-corrected chi connectivity index (χ2v) is 7.61. The maximum atomic E-state index is 11.1. The van der Waals surface area contributed by atoms with E-state index in [9.17, 15) is 8.42 Å². The van der Waals surface area contributed by atoms with Crippen LogP contribution in [0.5, 0.6) is 11.5 Å². The number of ether oxygens (including phenoxy) is 2. The van der Waals surface area contributed by atoms with Gasteiger partial charge < -0.3 is 20.1 Å². The number of sulfone groups is 1. The minimum Gasteiger partial charge on any atom is -0.493 e. The second-order valence-electron chi connectivity index (χ2n) is 5.35. The third kappa shape index (κ3) is 9.73. The van der Waals surface area contributed by atoms with Crippen molar-refractivity contribution in [2.24, 2.45) is 4.99 Å². The molecule has 0 saturated heterocycles. The number of methoxy groups -OCH3 is 2. The number of aliphatic imine (C=N–C) groups is 1. The monoisotopic (exact) mass is 485 g/mol. The third-order valence-corrected chi connectivity index (χ3v) is 4.39.